The van der Waals surface area contributed by atoms with Gasteiger partial charge in [0.1, 0.15) is 5.82 Å². The van der Waals surface area contributed by atoms with Gasteiger partial charge < -0.3 is 10.2 Å². The van der Waals surface area contributed by atoms with Crippen LogP contribution in [0.5, 0.6) is 0 Å². The third-order valence-corrected chi connectivity index (χ3v) is 5.21. The molecule has 1 saturated heterocycles. The fourth-order valence-electron chi connectivity index (χ4n) is 3.45. The van der Waals surface area contributed by atoms with E-state index in [9.17, 15) is 4.79 Å². The number of piperidine rings is 1. The molecule has 1 fully saturated rings. The summed E-state index contributed by atoms with van der Waals surface area (Å²) in [6.07, 6.45) is 3.88. The van der Waals surface area contributed by atoms with Crippen LogP contribution in [0.15, 0.2) is 48.7 Å². The second kappa shape index (κ2) is 8.35. The smallest absolute Gasteiger partial charge is 0.255 e. The molecule has 4 heteroatoms. The van der Waals surface area contributed by atoms with Crippen LogP contribution in [0, 0.1) is 11.8 Å². The van der Waals surface area contributed by atoms with E-state index in [2.05, 4.69) is 55.3 Å². The topological polar surface area (TPSA) is 45.2 Å². The number of anilines is 1. The van der Waals surface area contributed by atoms with E-state index >= 15 is 0 Å². The van der Waals surface area contributed by atoms with Crippen molar-refractivity contribution in [2.75, 3.05) is 18.4 Å². The Hall–Kier alpha value is -2.36. The van der Waals surface area contributed by atoms with Gasteiger partial charge in [0.2, 0.25) is 0 Å². The van der Waals surface area contributed by atoms with Gasteiger partial charge in [0.25, 0.3) is 5.91 Å². The zero-order valence-corrected chi connectivity index (χ0v) is 16.0. The lowest BCUT2D eigenvalue weighted by molar-refractivity contribution is 0.0697. The molecule has 1 aromatic carbocycles. The van der Waals surface area contributed by atoms with E-state index in [-0.39, 0.29) is 11.9 Å². The number of likely N-dealkylation sites (tertiary alicyclic amines) is 1. The number of carbonyl (C=O) groups excluding carboxylic acids is 1. The molecule has 0 saturated carbocycles. The van der Waals surface area contributed by atoms with Gasteiger partial charge in [-0.2, -0.15) is 0 Å². The summed E-state index contributed by atoms with van der Waals surface area (Å²) in [4.78, 5) is 19.1. The van der Waals surface area contributed by atoms with Crippen LogP contribution in [0.2, 0.25) is 0 Å². The Morgan fingerprint density at radius 1 is 1.12 bits per heavy atom. The van der Waals surface area contributed by atoms with Gasteiger partial charge in [0.15, 0.2) is 0 Å². The maximum absolute atomic E-state index is 12.6. The van der Waals surface area contributed by atoms with E-state index in [1.165, 1.54) is 5.56 Å². The summed E-state index contributed by atoms with van der Waals surface area (Å²) < 4.78 is 0. The summed E-state index contributed by atoms with van der Waals surface area (Å²) in [6.45, 7) is 8.34. The van der Waals surface area contributed by atoms with Crippen molar-refractivity contribution in [1.82, 2.24) is 9.88 Å². The standard InChI is InChI=1S/C22H29N3O/c1-16(2)21(18-7-5-4-6-8-18)24-20-10-9-19(15-23-20)22(26)25-13-11-17(3)12-14-25/h4-10,15-17,21H,11-14H2,1-3H3,(H,23,24). The highest BCUT2D eigenvalue weighted by atomic mass is 16.2. The summed E-state index contributed by atoms with van der Waals surface area (Å²) in [5.41, 5.74) is 1.91. The Labute approximate surface area is 156 Å². The van der Waals surface area contributed by atoms with Crippen molar-refractivity contribution in [3.8, 4) is 0 Å². The quantitative estimate of drug-likeness (QED) is 0.844. The minimum Gasteiger partial charge on any atom is -0.363 e. The molecule has 1 aliphatic rings. The van der Waals surface area contributed by atoms with Gasteiger partial charge in [-0.3, -0.25) is 4.79 Å². The summed E-state index contributed by atoms with van der Waals surface area (Å²) in [7, 11) is 0. The summed E-state index contributed by atoms with van der Waals surface area (Å²) in [6, 6.07) is 14.4. The van der Waals surface area contributed by atoms with Gasteiger partial charge in [-0.25, -0.2) is 4.98 Å². The average Bonchev–Trinajstić information content (AvgIpc) is 2.67. The number of carbonyl (C=O) groups is 1. The molecular formula is C22H29N3O. The van der Waals surface area contributed by atoms with E-state index in [1.807, 2.05) is 23.1 Å². The molecule has 1 unspecified atom stereocenters. The van der Waals surface area contributed by atoms with Crippen LogP contribution < -0.4 is 5.32 Å². The van der Waals surface area contributed by atoms with Crippen molar-refractivity contribution in [3.05, 3.63) is 59.8 Å². The molecule has 0 aliphatic carbocycles. The molecule has 1 atom stereocenters. The fourth-order valence-corrected chi connectivity index (χ4v) is 3.45. The van der Waals surface area contributed by atoms with Crippen molar-refractivity contribution >= 4 is 11.7 Å². The van der Waals surface area contributed by atoms with Crippen molar-refractivity contribution in [1.29, 1.82) is 0 Å². The van der Waals surface area contributed by atoms with E-state index in [1.54, 1.807) is 6.20 Å². The first kappa shape index (κ1) is 18.4. The predicted molar refractivity (Wildman–Crippen MR) is 106 cm³/mol. The summed E-state index contributed by atoms with van der Waals surface area (Å²) in [5, 5.41) is 3.51. The van der Waals surface area contributed by atoms with Gasteiger partial charge in [-0.05, 0) is 42.4 Å². The molecule has 1 amide bonds. The first-order chi connectivity index (χ1) is 12.5. The molecular weight excluding hydrogens is 322 g/mol. The second-order valence-corrected chi connectivity index (χ2v) is 7.68. The maximum atomic E-state index is 12.6. The van der Waals surface area contributed by atoms with Crippen molar-refractivity contribution in [2.24, 2.45) is 11.8 Å². The Balaban J connectivity index is 1.68. The van der Waals surface area contributed by atoms with Crippen LogP contribution in [0.1, 0.15) is 55.6 Å². The number of rotatable bonds is 5. The van der Waals surface area contributed by atoms with Crippen molar-refractivity contribution in [2.45, 2.75) is 39.7 Å². The maximum Gasteiger partial charge on any atom is 0.255 e. The number of benzene rings is 1. The number of hydrogen-bond donors (Lipinski definition) is 1. The zero-order valence-electron chi connectivity index (χ0n) is 16.0. The number of pyridine rings is 1. The van der Waals surface area contributed by atoms with Crippen LogP contribution in [0.4, 0.5) is 5.82 Å². The van der Waals surface area contributed by atoms with E-state index < -0.39 is 0 Å². The van der Waals surface area contributed by atoms with E-state index in [4.69, 9.17) is 0 Å². The van der Waals surface area contributed by atoms with Crippen LogP contribution in [0.3, 0.4) is 0 Å². The molecule has 1 aliphatic heterocycles. The fraction of sp³-hybridized carbons (Fsp3) is 0.455. The number of amides is 1. The molecule has 1 aromatic heterocycles. The lowest BCUT2D eigenvalue weighted by atomic mass is 9.96. The Kier molecular flexibility index (Phi) is 5.92. The summed E-state index contributed by atoms with van der Waals surface area (Å²) in [5.74, 6) is 2.04. The molecule has 138 valence electrons. The molecule has 0 bridgehead atoms. The molecule has 2 heterocycles. The third-order valence-electron chi connectivity index (χ3n) is 5.21. The van der Waals surface area contributed by atoms with Crippen LogP contribution >= 0.6 is 0 Å². The highest BCUT2D eigenvalue weighted by molar-refractivity contribution is 5.94. The van der Waals surface area contributed by atoms with Gasteiger partial charge in [-0.1, -0.05) is 51.1 Å². The van der Waals surface area contributed by atoms with Crippen LogP contribution in [-0.4, -0.2) is 28.9 Å². The number of aromatic nitrogens is 1. The van der Waals surface area contributed by atoms with Crippen LogP contribution in [0.25, 0.3) is 0 Å². The normalized spacial score (nSPS) is 16.5. The Morgan fingerprint density at radius 2 is 1.81 bits per heavy atom. The van der Waals surface area contributed by atoms with E-state index in [0.29, 0.717) is 11.5 Å². The minimum absolute atomic E-state index is 0.0967. The van der Waals surface area contributed by atoms with Gasteiger partial charge in [0, 0.05) is 19.3 Å². The molecule has 4 nitrogen and oxygen atoms in total. The predicted octanol–water partition coefficient (Wildman–Crippen LogP) is 4.76. The molecule has 0 radical (unpaired) electrons. The van der Waals surface area contributed by atoms with Crippen molar-refractivity contribution < 1.29 is 4.79 Å². The average molecular weight is 351 g/mol. The Morgan fingerprint density at radius 3 is 2.38 bits per heavy atom. The first-order valence-electron chi connectivity index (χ1n) is 9.61. The largest absolute Gasteiger partial charge is 0.363 e. The third kappa shape index (κ3) is 4.43. The van der Waals surface area contributed by atoms with Crippen molar-refractivity contribution in [3.63, 3.8) is 0 Å². The van der Waals surface area contributed by atoms with Gasteiger partial charge in [0.05, 0.1) is 11.6 Å². The van der Waals surface area contributed by atoms with Crippen LogP contribution in [-0.2, 0) is 0 Å². The zero-order chi connectivity index (χ0) is 18.5. The highest BCUT2D eigenvalue weighted by Crippen LogP contribution is 2.26. The second-order valence-electron chi connectivity index (χ2n) is 7.68. The number of nitrogens with zero attached hydrogens (tertiary/aromatic N) is 2. The SMILES string of the molecule is CC1CCN(C(=O)c2ccc(NC(c3ccccc3)C(C)C)nc2)CC1. The van der Waals surface area contributed by atoms with Gasteiger partial charge in [-0.15, -0.1) is 0 Å². The summed E-state index contributed by atoms with van der Waals surface area (Å²) >= 11 is 0. The highest BCUT2D eigenvalue weighted by Gasteiger charge is 2.22. The monoisotopic (exact) mass is 351 g/mol. The Bertz CT molecular complexity index is 704. The lowest BCUT2D eigenvalue weighted by Gasteiger charge is -2.30. The molecule has 1 N–H and O–H groups in total. The molecule has 3 rings (SSSR count). The minimum atomic E-state index is 0.0967. The lowest BCUT2D eigenvalue weighted by Crippen LogP contribution is -2.37. The number of hydrogen-bond acceptors (Lipinski definition) is 3. The molecule has 2 aromatic rings. The molecule has 26 heavy (non-hydrogen) atoms. The molecule has 0 spiro atoms. The number of nitrogens with one attached hydrogen (secondary N) is 1. The first-order valence-corrected chi connectivity index (χ1v) is 9.61. The van der Waals surface area contributed by atoms with Gasteiger partial charge >= 0.3 is 0 Å². The van der Waals surface area contributed by atoms with E-state index in [0.717, 1.165) is 37.7 Å².